The van der Waals surface area contributed by atoms with E-state index in [1.54, 1.807) is 0 Å². The number of carboxylic acid groups (broad SMARTS) is 1. The summed E-state index contributed by atoms with van der Waals surface area (Å²) in [5.41, 5.74) is 0. The third-order valence-corrected chi connectivity index (χ3v) is 4.77. The average molecular weight is 297 g/mol. The van der Waals surface area contributed by atoms with Crippen molar-refractivity contribution in [3.8, 4) is 0 Å². The highest BCUT2D eigenvalue weighted by Crippen LogP contribution is 2.41. The maximum atomic E-state index is 10.8. The zero-order valence-electron chi connectivity index (χ0n) is 12.4. The van der Waals surface area contributed by atoms with Gasteiger partial charge >= 0.3 is 5.97 Å². The van der Waals surface area contributed by atoms with Gasteiger partial charge in [0.25, 0.3) is 0 Å². The molecule has 0 saturated heterocycles. The zero-order valence-corrected chi connectivity index (χ0v) is 13.2. The Morgan fingerprint density at radius 3 is 2.70 bits per heavy atom. The van der Waals surface area contributed by atoms with Crippen LogP contribution in [-0.2, 0) is 4.79 Å². The number of rotatable bonds is 8. The van der Waals surface area contributed by atoms with E-state index in [-0.39, 0.29) is 5.75 Å². The van der Waals surface area contributed by atoms with Gasteiger partial charge in [-0.3, -0.25) is 4.79 Å². The Morgan fingerprint density at radius 1 is 1.45 bits per heavy atom. The highest BCUT2D eigenvalue weighted by Gasteiger charge is 2.32. The Balaban J connectivity index is 2.17. The summed E-state index contributed by atoms with van der Waals surface area (Å²) in [5, 5.41) is 18.1. The molecular formula is C14H23N3O2S. The molecule has 20 heavy (non-hydrogen) atoms. The van der Waals surface area contributed by atoms with Gasteiger partial charge in [0.2, 0.25) is 0 Å². The molecule has 2 rings (SSSR count). The Labute approximate surface area is 124 Å². The molecule has 0 spiro atoms. The molecule has 0 bridgehead atoms. The van der Waals surface area contributed by atoms with Gasteiger partial charge in [0.05, 0.1) is 5.75 Å². The van der Waals surface area contributed by atoms with Crippen molar-refractivity contribution in [1.29, 1.82) is 0 Å². The maximum absolute atomic E-state index is 10.8. The summed E-state index contributed by atoms with van der Waals surface area (Å²) in [4.78, 5) is 10.8. The molecule has 2 atom stereocenters. The van der Waals surface area contributed by atoms with E-state index in [0.717, 1.165) is 23.8 Å². The van der Waals surface area contributed by atoms with E-state index >= 15 is 0 Å². The zero-order chi connectivity index (χ0) is 14.7. The van der Waals surface area contributed by atoms with Crippen LogP contribution < -0.4 is 0 Å². The summed E-state index contributed by atoms with van der Waals surface area (Å²) in [6, 6.07) is 0.326. The van der Waals surface area contributed by atoms with Gasteiger partial charge in [0.15, 0.2) is 5.16 Å². The lowest BCUT2D eigenvalue weighted by atomic mass is 10.0. The van der Waals surface area contributed by atoms with Crippen LogP contribution in [0.4, 0.5) is 0 Å². The maximum Gasteiger partial charge on any atom is 0.313 e. The number of carbonyl (C=O) groups is 1. The highest BCUT2D eigenvalue weighted by molar-refractivity contribution is 7.99. The van der Waals surface area contributed by atoms with Gasteiger partial charge in [0.1, 0.15) is 5.82 Å². The SMILES string of the molecule is CCC(C)CC(C)n1c(SCC(=O)O)nnc1C1CC1. The van der Waals surface area contributed by atoms with Crippen molar-refractivity contribution in [2.45, 2.75) is 63.6 Å². The van der Waals surface area contributed by atoms with Crippen molar-refractivity contribution in [2.75, 3.05) is 5.75 Å². The number of carboxylic acids is 1. The van der Waals surface area contributed by atoms with Crippen LogP contribution in [0.2, 0.25) is 0 Å². The number of hydrogen-bond acceptors (Lipinski definition) is 4. The Bertz CT molecular complexity index is 471. The summed E-state index contributed by atoms with van der Waals surface area (Å²) in [6.45, 7) is 6.64. The van der Waals surface area contributed by atoms with E-state index < -0.39 is 5.97 Å². The summed E-state index contributed by atoms with van der Waals surface area (Å²) in [6.07, 6.45) is 4.59. The van der Waals surface area contributed by atoms with Crippen molar-refractivity contribution in [3.05, 3.63) is 5.82 Å². The van der Waals surface area contributed by atoms with Crippen LogP contribution in [0.25, 0.3) is 0 Å². The molecule has 0 aromatic carbocycles. The van der Waals surface area contributed by atoms with Crippen molar-refractivity contribution in [1.82, 2.24) is 14.8 Å². The molecule has 1 aromatic heterocycles. The number of aromatic nitrogens is 3. The summed E-state index contributed by atoms with van der Waals surface area (Å²) in [5.74, 6) is 1.46. The molecule has 1 aliphatic carbocycles. The molecule has 2 unspecified atom stereocenters. The number of hydrogen-bond donors (Lipinski definition) is 1. The second-order valence-electron chi connectivity index (χ2n) is 5.77. The lowest BCUT2D eigenvalue weighted by Gasteiger charge is -2.20. The predicted molar refractivity (Wildman–Crippen MR) is 79.1 cm³/mol. The molecule has 1 aromatic rings. The third kappa shape index (κ3) is 3.75. The second-order valence-corrected chi connectivity index (χ2v) is 6.71. The van der Waals surface area contributed by atoms with Crippen LogP contribution >= 0.6 is 11.8 Å². The minimum absolute atomic E-state index is 0.0405. The standard InChI is InChI=1S/C14H23N3O2S/c1-4-9(2)7-10(3)17-13(11-5-6-11)15-16-14(17)20-8-12(18)19/h9-11H,4-8H2,1-3H3,(H,18,19). The molecule has 6 heteroatoms. The summed E-state index contributed by atoms with van der Waals surface area (Å²) >= 11 is 1.27. The van der Waals surface area contributed by atoms with Crippen LogP contribution in [0.5, 0.6) is 0 Å². The van der Waals surface area contributed by atoms with Gasteiger partial charge in [0, 0.05) is 12.0 Å². The van der Waals surface area contributed by atoms with E-state index in [4.69, 9.17) is 5.11 Å². The molecule has 1 saturated carbocycles. The second kappa shape index (κ2) is 6.61. The van der Waals surface area contributed by atoms with Gasteiger partial charge in [-0.2, -0.15) is 0 Å². The molecule has 5 nitrogen and oxygen atoms in total. The Hall–Kier alpha value is -1.04. The lowest BCUT2D eigenvalue weighted by Crippen LogP contribution is -2.14. The van der Waals surface area contributed by atoms with Crippen molar-refractivity contribution in [3.63, 3.8) is 0 Å². The fraction of sp³-hybridized carbons (Fsp3) is 0.786. The van der Waals surface area contributed by atoms with Gasteiger partial charge in [-0.15, -0.1) is 10.2 Å². The molecule has 1 heterocycles. The number of nitrogens with zero attached hydrogens (tertiary/aromatic N) is 3. The van der Waals surface area contributed by atoms with E-state index in [9.17, 15) is 4.79 Å². The van der Waals surface area contributed by atoms with Crippen LogP contribution in [0.1, 0.15) is 64.2 Å². The molecule has 1 N–H and O–H groups in total. The molecule has 1 fully saturated rings. The normalized spacial score (nSPS) is 17.9. The third-order valence-electron chi connectivity index (χ3n) is 3.84. The fourth-order valence-electron chi connectivity index (χ4n) is 2.40. The van der Waals surface area contributed by atoms with Crippen molar-refractivity contribution >= 4 is 17.7 Å². The summed E-state index contributed by atoms with van der Waals surface area (Å²) in [7, 11) is 0. The predicted octanol–water partition coefficient (Wildman–Crippen LogP) is 3.33. The highest BCUT2D eigenvalue weighted by atomic mass is 32.2. The van der Waals surface area contributed by atoms with E-state index in [0.29, 0.717) is 17.9 Å². The molecule has 0 radical (unpaired) electrons. The summed E-state index contributed by atoms with van der Waals surface area (Å²) < 4.78 is 2.18. The quantitative estimate of drug-likeness (QED) is 0.745. The minimum atomic E-state index is -0.813. The van der Waals surface area contributed by atoms with Gasteiger partial charge in [-0.05, 0) is 32.1 Å². The molecule has 0 aliphatic heterocycles. The first-order valence-corrected chi connectivity index (χ1v) is 8.30. The van der Waals surface area contributed by atoms with Crippen molar-refractivity contribution in [2.24, 2.45) is 5.92 Å². The van der Waals surface area contributed by atoms with Crippen LogP contribution in [0.3, 0.4) is 0 Å². The van der Waals surface area contributed by atoms with Gasteiger partial charge in [-0.1, -0.05) is 32.0 Å². The van der Waals surface area contributed by atoms with Crippen LogP contribution in [0.15, 0.2) is 5.16 Å². The first kappa shape index (κ1) is 15.4. The minimum Gasteiger partial charge on any atom is -0.481 e. The monoisotopic (exact) mass is 297 g/mol. The first-order valence-electron chi connectivity index (χ1n) is 7.32. The van der Waals surface area contributed by atoms with Crippen LogP contribution in [0, 0.1) is 5.92 Å². The number of aliphatic carboxylic acids is 1. The first-order chi connectivity index (χ1) is 9.52. The fourth-order valence-corrected chi connectivity index (χ4v) is 3.17. The van der Waals surface area contributed by atoms with E-state index in [2.05, 4.69) is 35.5 Å². The lowest BCUT2D eigenvalue weighted by molar-refractivity contribution is -0.133. The van der Waals surface area contributed by atoms with Gasteiger partial charge < -0.3 is 9.67 Å². The molecule has 112 valence electrons. The van der Waals surface area contributed by atoms with E-state index in [1.807, 2.05) is 0 Å². The topological polar surface area (TPSA) is 68.0 Å². The molecule has 0 amide bonds. The molecule has 1 aliphatic rings. The number of thioether (sulfide) groups is 1. The Morgan fingerprint density at radius 2 is 2.15 bits per heavy atom. The molecular weight excluding hydrogens is 274 g/mol. The Kier molecular flexibility index (Phi) is 5.07. The van der Waals surface area contributed by atoms with E-state index in [1.165, 1.54) is 24.6 Å². The average Bonchev–Trinajstić information content (AvgIpc) is 3.15. The smallest absolute Gasteiger partial charge is 0.313 e. The van der Waals surface area contributed by atoms with Crippen LogP contribution in [-0.4, -0.2) is 31.6 Å². The van der Waals surface area contributed by atoms with Crippen molar-refractivity contribution < 1.29 is 9.90 Å². The van der Waals surface area contributed by atoms with Gasteiger partial charge in [-0.25, -0.2) is 0 Å². The largest absolute Gasteiger partial charge is 0.481 e.